The molecule has 7 heteroatoms. The number of hydrogen-bond donors (Lipinski definition) is 0. The first kappa shape index (κ1) is 21.7. The zero-order chi connectivity index (χ0) is 22.0. The molecule has 2 aliphatic rings. The zero-order valence-corrected chi connectivity index (χ0v) is 18.8. The number of anilines is 1. The van der Waals surface area contributed by atoms with Crippen LogP contribution in [0.3, 0.4) is 0 Å². The fourth-order valence-electron chi connectivity index (χ4n) is 4.32. The standard InChI is InChI=1S/C24H28FN3O2S/c1-3-17-15-26-24(27-16-17)28-12-10-19(11-13-28)18-4-6-20(7-5-18)22-9-8-21(14-23(22)25)31(2,29)30/h4-6,8-9,14-16,19-20H,3,7,10-13H2,1-2H3. The number of hydrogen-bond acceptors (Lipinski definition) is 5. The summed E-state index contributed by atoms with van der Waals surface area (Å²) in [5, 5.41) is 0. The number of aromatic nitrogens is 2. The SMILES string of the molecule is CCc1cnc(N2CCC(C3=CCC(c4ccc(S(C)(=O)=O)cc4F)C=C3)CC2)nc1. The highest BCUT2D eigenvalue weighted by atomic mass is 32.2. The van der Waals surface area contributed by atoms with Crippen molar-refractivity contribution in [2.45, 2.75) is 43.4 Å². The first-order valence-corrected chi connectivity index (χ1v) is 12.7. The number of sulfone groups is 1. The first-order chi connectivity index (χ1) is 14.8. The lowest BCUT2D eigenvalue weighted by molar-refractivity contribution is 0.457. The Morgan fingerprint density at radius 2 is 1.87 bits per heavy atom. The molecule has 1 aliphatic heterocycles. The first-order valence-electron chi connectivity index (χ1n) is 10.8. The molecule has 0 radical (unpaired) electrons. The maximum atomic E-state index is 14.5. The van der Waals surface area contributed by atoms with E-state index in [0.717, 1.165) is 62.6 Å². The fraction of sp³-hybridized carbons (Fsp3) is 0.417. The minimum atomic E-state index is -3.41. The third-order valence-corrected chi connectivity index (χ3v) is 7.39. The van der Waals surface area contributed by atoms with Crippen LogP contribution in [-0.2, 0) is 16.3 Å². The summed E-state index contributed by atoms with van der Waals surface area (Å²) in [4.78, 5) is 11.3. The minimum absolute atomic E-state index is 0.0184. The molecule has 0 N–H and O–H groups in total. The van der Waals surface area contributed by atoms with Crippen LogP contribution in [-0.4, -0.2) is 37.7 Å². The molecule has 164 valence electrons. The lowest BCUT2D eigenvalue weighted by atomic mass is 9.82. The van der Waals surface area contributed by atoms with Gasteiger partial charge in [-0.05, 0) is 60.4 Å². The zero-order valence-electron chi connectivity index (χ0n) is 18.0. The normalized spacial score (nSPS) is 20.0. The van der Waals surface area contributed by atoms with Crippen molar-refractivity contribution in [3.05, 3.63) is 71.3 Å². The van der Waals surface area contributed by atoms with E-state index in [-0.39, 0.29) is 10.8 Å². The molecular weight excluding hydrogens is 413 g/mol. The molecule has 1 aromatic heterocycles. The van der Waals surface area contributed by atoms with Gasteiger partial charge >= 0.3 is 0 Å². The van der Waals surface area contributed by atoms with E-state index in [2.05, 4.69) is 33.9 Å². The van der Waals surface area contributed by atoms with Crippen LogP contribution in [0.15, 0.2) is 59.3 Å². The van der Waals surface area contributed by atoms with Crippen LogP contribution >= 0.6 is 0 Å². The van der Waals surface area contributed by atoms with E-state index in [1.165, 1.54) is 11.6 Å². The topological polar surface area (TPSA) is 63.2 Å². The van der Waals surface area contributed by atoms with Crippen molar-refractivity contribution in [3.8, 4) is 0 Å². The highest BCUT2D eigenvalue weighted by molar-refractivity contribution is 7.90. The van der Waals surface area contributed by atoms with Crippen LogP contribution in [0.5, 0.6) is 0 Å². The van der Waals surface area contributed by atoms with Gasteiger partial charge in [0.05, 0.1) is 4.90 Å². The molecule has 0 amide bonds. The van der Waals surface area contributed by atoms with Crippen molar-refractivity contribution in [1.82, 2.24) is 9.97 Å². The smallest absolute Gasteiger partial charge is 0.225 e. The average Bonchev–Trinajstić information content (AvgIpc) is 2.79. The largest absolute Gasteiger partial charge is 0.341 e. The average molecular weight is 442 g/mol. The van der Waals surface area contributed by atoms with Gasteiger partial charge in [0.2, 0.25) is 5.95 Å². The second-order valence-corrected chi connectivity index (χ2v) is 10.4. The Kier molecular flexibility index (Phi) is 6.23. The summed E-state index contributed by atoms with van der Waals surface area (Å²) in [7, 11) is -3.41. The maximum absolute atomic E-state index is 14.5. The molecule has 0 spiro atoms. The van der Waals surface area contributed by atoms with E-state index >= 15 is 0 Å². The summed E-state index contributed by atoms with van der Waals surface area (Å²) >= 11 is 0. The van der Waals surface area contributed by atoms with Gasteiger partial charge in [0.25, 0.3) is 0 Å². The lowest BCUT2D eigenvalue weighted by Gasteiger charge is -2.33. The Labute approximate surface area is 183 Å². The van der Waals surface area contributed by atoms with E-state index in [1.807, 2.05) is 18.5 Å². The Hall–Kier alpha value is -2.54. The number of piperidine rings is 1. The molecule has 2 heterocycles. The Balaban J connectivity index is 1.37. The highest BCUT2D eigenvalue weighted by Crippen LogP contribution is 2.35. The van der Waals surface area contributed by atoms with E-state index in [4.69, 9.17) is 0 Å². The van der Waals surface area contributed by atoms with Crippen molar-refractivity contribution in [1.29, 1.82) is 0 Å². The minimum Gasteiger partial charge on any atom is -0.341 e. The van der Waals surface area contributed by atoms with Crippen LogP contribution in [0, 0.1) is 11.7 Å². The van der Waals surface area contributed by atoms with E-state index < -0.39 is 15.7 Å². The monoisotopic (exact) mass is 441 g/mol. The highest BCUT2D eigenvalue weighted by Gasteiger charge is 2.25. The van der Waals surface area contributed by atoms with Gasteiger partial charge in [-0.1, -0.05) is 31.2 Å². The summed E-state index contributed by atoms with van der Waals surface area (Å²) in [6.07, 6.45) is 15.0. The van der Waals surface area contributed by atoms with E-state index in [0.29, 0.717) is 11.5 Å². The summed E-state index contributed by atoms with van der Waals surface area (Å²) in [5.41, 5.74) is 3.00. The molecule has 1 aromatic carbocycles. The second-order valence-electron chi connectivity index (χ2n) is 8.37. The van der Waals surface area contributed by atoms with Crippen LogP contribution in [0.1, 0.15) is 43.2 Å². The summed E-state index contributed by atoms with van der Waals surface area (Å²) in [5.74, 6) is 0.762. The third-order valence-electron chi connectivity index (χ3n) is 6.28. The van der Waals surface area contributed by atoms with Crippen molar-refractivity contribution in [2.75, 3.05) is 24.2 Å². The Morgan fingerprint density at radius 1 is 1.16 bits per heavy atom. The van der Waals surface area contributed by atoms with Crippen molar-refractivity contribution in [2.24, 2.45) is 5.92 Å². The Morgan fingerprint density at radius 3 is 2.42 bits per heavy atom. The van der Waals surface area contributed by atoms with Gasteiger partial charge in [0, 0.05) is 37.7 Å². The fourth-order valence-corrected chi connectivity index (χ4v) is 4.95. The predicted octanol–water partition coefficient (Wildman–Crippen LogP) is 4.47. The molecule has 2 aromatic rings. The van der Waals surface area contributed by atoms with Gasteiger partial charge in [-0.3, -0.25) is 0 Å². The summed E-state index contributed by atoms with van der Waals surface area (Å²) in [6, 6.07) is 4.22. The molecule has 4 rings (SSSR count). The molecule has 1 unspecified atom stereocenters. The van der Waals surface area contributed by atoms with Gasteiger partial charge in [0.1, 0.15) is 5.82 Å². The molecule has 1 fully saturated rings. The van der Waals surface area contributed by atoms with Crippen molar-refractivity contribution < 1.29 is 12.8 Å². The van der Waals surface area contributed by atoms with Crippen molar-refractivity contribution in [3.63, 3.8) is 0 Å². The molecule has 1 aliphatic carbocycles. The molecular formula is C24H28FN3O2S. The lowest BCUT2D eigenvalue weighted by Crippen LogP contribution is -2.35. The van der Waals surface area contributed by atoms with E-state index in [9.17, 15) is 12.8 Å². The van der Waals surface area contributed by atoms with Crippen LogP contribution in [0.25, 0.3) is 0 Å². The van der Waals surface area contributed by atoms with Crippen LogP contribution < -0.4 is 4.90 Å². The van der Waals surface area contributed by atoms with E-state index in [1.54, 1.807) is 6.07 Å². The Bertz CT molecular complexity index is 1100. The summed E-state index contributed by atoms with van der Waals surface area (Å²) < 4.78 is 37.8. The number of benzene rings is 1. The molecule has 0 bridgehead atoms. The van der Waals surface area contributed by atoms with Gasteiger partial charge in [-0.2, -0.15) is 0 Å². The molecule has 1 atom stereocenters. The number of rotatable bonds is 5. The second kappa shape index (κ2) is 8.91. The van der Waals surface area contributed by atoms with Crippen LogP contribution in [0.2, 0.25) is 0 Å². The van der Waals surface area contributed by atoms with Gasteiger partial charge in [-0.25, -0.2) is 22.8 Å². The molecule has 31 heavy (non-hydrogen) atoms. The molecule has 5 nitrogen and oxygen atoms in total. The van der Waals surface area contributed by atoms with Crippen LogP contribution in [0.4, 0.5) is 10.3 Å². The number of nitrogens with zero attached hydrogens (tertiary/aromatic N) is 3. The maximum Gasteiger partial charge on any atom is 0.225 e. The third kappa shape index (κ3) is 4.87. The van der Waals surface area contributed by atoms with Gasteiger partial charge in [-0.15, -0.1) is 0 Å². The number of allylic oxidation sites excluding steroid dienone is 4. The number of aryl methyl sites for hydroxylation is 1. The van der Waals surface area contributed by atoms with Crippen molar-refractivity contribution >= 4 is 15.8 Å². The van der Waals surface area contributed by atoms with Gasteiger partial charge in [0.15, 0.2) is 9.84 Å². The van der Waals surface area contributed by atoms with Gasteiger partial charge < -0.3 is 4.90 Å². The predicted molar refractivity (Wildman–Crippen MR) is 120 cm³/mol. The summed E-state index contributed by atoms with van der Waals surface area (Å²) in [6.45, 7) is 3.94. The quantitative estimate of drug-likeness (QED) is 0.685. The molecule has 1 saturated heterocycles. The number of halogens is 1. The molecule has 0 saturated carbocycles.